The van der Waals surface area contributed by atoms with Crippen molar-refractivity contribution in [1.82, 2.24) is 9.80 Å². The van der Waals surface area contributed by atoms with Crippen LogP contribution >= 0.6 is 0 Å². The Kier molecular flexibility index (Phi) is 13.1. The lowest BCUT2D eigenvalue weighted by molar-refractivity contribution is 0.226. The maximum Gasteiger partial charge on any atom is -0.000666 e. The largest absolute Gasteiger partial charge is 0.304 e. The summed E-state index contributed by atoms with van der Waals surface area (Å²) >= 11 is 0. The Morgan fingerprint density at radius 3 is 1.08 bits per heavy atom. The second kappa shape index (κ2) is 13.1. The Hall–Kier alpha value is -0.0800. The molecule has 0 radical (unpaired) electrons. The molecule has 0 aliphatic carbocycles. The summed E-state index contributed by atoms with van der Waals surface area (Å²) in [6.07, 6.45) is 9.47. The number of hydrogen-bond donors (Lipinski definition) is 0. The van der Waals surface area contributed by atoms with Crippen LogP contribution in [-0.4, -0.2) is 49.1 Å². The minimum atomic E-state index is 0.492. The molecule has 0 aromatic carbocycles. The van der Waals surface area contributed by atoms with Crippen LogP contribution in [0.1, 0.15) is 100 Å². The van der Waals surface area contributed by atoms with E-state index in [-0.39, 0.29) is 0 Å². The Morgan fingerprint density at radius 2 is 0.800 bits per heavy atom. The van der Waals surface area contributed by atoms with Crippen molar-refractivity contribution in [1.29, 1.82) is 0 Å². The van der Waals surface area contributed by atoms with Crippen LogP contribution in [0, 0.1) is 10.8 Å². The molecular weight excluding hydrogens is 304 g/mol. The molecule has 0 aliphatic rings. The van der Waals surface area contributed by atoms with Gasteiger partial charge >= 0.3 is 0 Å². The number of hydrogen-bond acceptors (Lipinski definition) is 2. The van der Waals surface area contributed by atoms with E-state index in [1.807, 2.05) is 0 Å². The molecule has 0 amide bonds. The van der Waals surface area contributed by atoms with Gasteiger partial charge in [0.15, 0.2) is 0 Å². The summed E-state index contributed by atoms with van der Waals surface area (Å²) < 4.78 is 0. The van der Waals surface area contributed by atoms with Gasteiger partial charge < -0.3 is 9.80 Å². The van der Waals surface area contributed by atoms with E-state index in [0.29, 0.717) is 10.8 Å². The molecule has 0 spiro atoms. The quantitative estimate of drug-likeness (QED) is 0.331. The zero-order chi connectivity index (χ0) is 19.3. The van der Waals surface area contributed by atoms with Gasteiger partial charge in [0, 0.05) is 0 Å². The maximum absolute atomic E-state index is 2.65. The summed E-state index contributed by atoms with van der Waals surface area (Å²) in [5.74, 6) is 0. The molecule has 0 N–H and O–H groups in total. The van der Waals surface area contributed by atoms with Crippen molar-refractivity contribution in [2.75, 3.05) is 39.3 Å². The Morgan fingerprint density at radius 1 is 0.480 bits per heavy atom. The molecule has 0 aromatic rings. The second-order valence-corrected chi connectivity index (χ2v) is 10.3. The van der Waals surface area contributed by atoms with Crippen LogP contribution in [0.3, 0.4) is 0 Å². The number of unbranched alkanes of at least 4 members (excludes halogenated alkanes) is 2. The predicted octanol–water partition coefficient (Wildman–Crippen LogP) is 6.45. The van der Waals surface area contributed by atoms with E-state index in [1.165, 1.54) is 84.2 Å². The van der Waals surface area contributed by atoms with Crippen LogP contribution in [0.15, 0.2) is 0 Å². The van der Waals surface area contributed by atoms with Gasteiger partial charge in [-0.1, -0.05) is 68.2 Å². The topological polar surface area (TPSA) is 6.48 Å². The van der Waals surface area contributed by atoms with Crippen molar-refractivity contribution in [2.45, 2.75) is 100 Å². The molecule has 25 heavy (non-hydrogen) atoms. The van der Waals surface area contributed by atoms with Crippen molar-refractivity contribution in [3.05, 3.63) is 0 Å². The van der Waals surface area contributed by atoms with Gasteiger partial charge in [0.25, 0.3) is 0 Å². The lowest BCUT2D eigenvalue weighted by Crippen LogP contribution is -2.31. The van der Waals surface area contributed by atoms with Gasteiger partial charge in [-0.15, -0.1) is 0 Å². The van der Waals surface area contributed by atoms with Crippen molar-refractivity contribution in [3.8, 4) is 0 Å². The van der Waals surface area contributed by atoms with E-state index >= 15 is 0 Å². The van der Waals surface area contributed by atoms with Gasteiger partial charge in [-0.05, 0) is 82.2 Å². The average molecular weight is 355 g/mol. The first-order valence-electron chi connectivity index (χ1n) is 11.0. The van der Waals surface area contributed by atoms with E-state index in [0.717, 1.165) is 0 Å². The molecule has 0 bridgehead atoms. The molecular formula is C23H50N2. The average Bonchev–Trinajstić information content (AvgIpc) is 2.49. The first-order valence-corrected chi connectivity index (χ1v) is 11.0. The first-order chi connectivity index (χ1) is 11.6. The number of nitrogens with zero attached hydrogens (tertiary/aromatic N) is 2. The lowest BCUT2D eigenvalue weighted by Gasteiger charge is -2.25. The van der Waals surface area contributed by atoms with Crippen LogP contribution in [0.4, 0.5) is 0 Å². The molecule has 0 saturated heterocycles. The predicted molar refractivity (Wildman–Crippen MR) is 115 cm³/mol. The highest BCUT2D eigenvalue weighted by Crippen LogP contribution is 2.22. The third-order valence-corrected chi connectivity index (χ3v) is 5.15. The Bertz CT molecular complexity index is 268. The first kappa shape index (κ1) is 24.9. The van der Waals surface area contributed by atoms with Crippen LogP contribution in [-0.2, 0) is 0 Å². The maximum atomic E-state index is 2.65. The van der Waals surface area contributed by atoms with Crippen molar-refractivity contribution in [3.63, 3.8) is 0 Å². The minimum Gasteiger partial charge on any atom is -0.304 e. The molecule has 0 atom stereocenters. The fraction of sp³-hybridized carbons (Fsp3) is 1.00. The second-order valence-electron chi connectivity index (χ2n) is 10.3. The minimum absolute atomic E-state index is 0.492. The van der Waals surface area contributed by atoms with Crippen LogP contribution in [0.5, 0.6) is 0 Å². The summed E-state index contributed by atoms with van der Waals surface area (Å²) in [6, 6.07) is 0. The fourth-order valence-electron chi connectivity index (χ4n) is 3.36. The molecule has 152 valence electrons. The third kappa shape index (κ3) is 17.1. The molecule has 0 aliphatic heterocycles. The van der Waals surface area contributed by atoms with E-state index in [4.69, 9.17) is 0 Å². The van der Waals surface area contributed by atoms with Crippen molar-refractivity contribution < 1.29 is 0 Å². The molecule has 0 saturated carbocycles. The van der Waals surface area contributed by atoms with E-state index in [2.05, 4.69) is 65.2 Å². The van der Waals surface area contributed by atoms with Crippen LogP contribution in [0.2, 0.25) is 0 Å². The lowest BCUT2D eigenvalue weighted by atomic mass is 9.90. The van der Waals surface area contributed by atoms with E-state index < -0.39 is 0 Å². The van der Waals surface area contributed by atoms with Gasteiger partial charge in [0.05, 0.1) is 0 Å². The highest BCUT2D eigenvalue weighted by Gasteiger charge is 2.11. The normalized spacial score (nSPS) is 13.2. The van der Waals surface area contributed by atoms with Crippen LogP contribution in [0.25, 0.3) is 0 Å². The highest BCUT2D eigenvalue weighted by molar-refractivity contribution is 4.65. The summed E-state index contributed by atoms with van der Waals surface area (Å²) in [6.45, 7) is 26.2. The van der Waals surface area contributed by atoms with E-state index in [1.54, 1.807) is 0 Å². The molecule has 0 fully saturated rings. The summed E-state index contributed by atoms with van der Waals surface area (Å²) in [7, 11) is 0. The molecule has 0 unspecified atom stereocenters. The third-order valence-electron chi connectivity index (χ3n) is 5.15. The molecule has 0 heterocycles. The molecule has 2 heteroatoms. The zero-order valence-corrected chi connectivity index (χ0v) is 19.1. The number of rotatable bonds is 14. The van der Waals surface area contributed by atoms with Gasteiger partial charge in [0.2, 0.25) is 0 Å². The molecule has 0 rings (SSSR count). The molecule has 0 aromatic heterocycles. The van der Waals surface area contributed by atoms with Gasteiger partial charge in [-0.25, -0.2) is 0 Å². The zero-order valence-electron chi connectivity index (χ0n) is 19.1. The SMILES string of the molecule is CCN(CCCCC(C)(C)C)CCCN(CC)CCCCC(C)(C)C. The summed E-state index contributed by atoms with van der Waals surface area (Å²) in [5, 5.41) is 0. The van der Waals surface area contributed by atoms with E-state index in [9.17, 15) is 0 Å². The standard InChI is InChI=1S/C23H50N2/c1-9-24(18-13-11-16-22(3,4)5)20-15-21-25(10-2)19-14-12-17-23(6,7)8/h9-21H2,1-8H3. The van der Waals surface area contributed by atoms with Gasteiger partial charge in [0.1, 0.15) is 0 Å². The van der Waals surface area contributed by atoms with Crippen molar-refractivity contribution >= 4 is 0 Å². The monoisotopic (exact) mass is 354 g/mol. The van der Waals surface area contributed by atoms with Crippen LogP contribution < -0.4 is 0 Å². The highest BCUT2D eigenvalue weighted by atomic mass is 15.1. The molecule has 2 nitrogen and oxygen atoms in total. The summed E-state index contributed by atoms with van der Waals surface area (Å²) in [5.41, 5.74) is 0.983. The Labute approximate surface area is 160 Å². The van der Waals surface area contributed by atoms with Gasteiger partial charge in [-0.2, -0.15) is 0 Å². The fourth-order valence-corrected chi connectivity index (χ4v) is 3.36. The Balaban J connectivity index is 3.83. The smallest absolute Gasteiger partial charge is 0.000666 e. The van der Waals surface area contributed by atoms with Crippen molar-refractivity contribution in [2.24, 2.45) is 10.8 Å². The summed E-state index contributed by atoms with van der Waals surface area (Å²) in [4.78, 5) is 5.30. The van der Waals surface area contributed by atoms with Gasteiger partial charge in [-0.3, -0.25) is 0 Å².